The van der Waals surface area contributed by atoms with Gasteiger partial charge in [0, 0.05) is 36.3 Å². The molecule has 0 atom stereocenters. The van der Waals surface area contributed by atoms with Crippen LogP contribution in [0.15, 0.2) is 16.8 Å². The van der Waals surface area contributed by atoms with Gasteiger partial charge in [-0.1, -0.05) is 0 Å². The van der Waals surface area contributed by atoms with Crippen LogP contribution < -0.4 is 0 Å². The van der Waals surface area contributed by atoms with Gasteiger partial charge in [-0.15, -0.1) is 22.7 Å². The molecule has 2 aromatic rings. The first-order valence-corrected chi connectivity index (χ1v) is 10.4. The lowest BCUT2D eigenvalue weighted by molar-refractivity contribution is -0.0926. The van der Waals surface area contributed by atoms with E-state index in [9.17, 15) is 4.79 Å². The van der Waals surface area contributed by atoms with Crippen LogP contribution in [0.1, 0.15) is 38.8 Å². The van der Waals surface area contributed by atoms with E-state index in [4.69, 9.17) is 4.74 Å². The molecular formula is C18H23N3O2S2. The normalized spacial score (nSPS) is 19.4. The molecule has 2 aromatic heterocycles. The summed E-state index contributed by atoms with van der Waals surface area (Å²) in [4.78, 5) is 22.8. The van der Waals surface area contributed by atoms with Crippen molar-refractivity contribution in [2.45, 2.75) is 31.4 Å². The molecule has 1 saturated heterocycles. The molecule has 1 fully saturated rings. The van der Waals surface area contributed by atoms with E-state index in [0.717, 1.165) is 50.5 Å². The second-order valence-corrected chi connectivity index (χ2v) is 8.95. The summed E-state index contributed by atoms with van der Waals surface area (Å²) in [5, 5.41) is 5.04. The van der Waals surface area contributed by atoms with Crippen LogP contribution in [0, 0.1) is 0 Å². The lowest BCUT2D eigenvalue weighted by atomic mass is 9.82. The minimum Gasteiger partial charge on any atom is -0.370 e. The van der Waals surface area contributed by atoms with Crippen molar-refractivity contribution in [3.8, 4) is 0 Å². The molecule has 1 amide bonds. The summed E-state index contributed by atoms with van der Waals surface area (Å²) in [6.45, 7) is 3.03. The average molecular weight is 378 g/mol. The smallest absolute Gasteiger partial charge is 0.273 e. The number of thiazole rings is 1. The first-order valence-electron chi connectivity index (χ1n) is 8.67. The third-order valence-electron chi connectivity index (χ3n) is 5.02. The van der Waals surface area contributed by atoms with Crippen LogP contribution in [0.4, 0.5) is 0 Å². The molecule has 0 N–H and O–H groups in total. The van der Waals surface area contributed by atoms with Crippen LogP contribution in [-0.2, 0) is 23.3 Å². The average Bonchev–Trinajstić information content (AvgIpc) is 3.25. The number of carbonyl (C=O) groups excluding carboxylic acids is 1. The lowest BCUT2D eigenvalue weighted by Gasteiger charge is -2.43. The minimum atomic E-state index is -0.178. The van der Waals surface area contributed by atoms with Crippen LogP contribution in [0.2, 0.25) is 0 Å². The number of hydrogen-bond donors (Lipinski definition) is 0. The third kappa shape index (κ3) is 3.26. The number of rotatable bonds is 3. The standard InChI is InChI=1S/C18H23N3O2S2/c1-20(2)11-16-19-14(12-25-16)17(22)21-7-5-18(6-8-21)13-4-10-24-15(13)3-9-23-18/h4,10,12H,3,5-9,11H2,1-2H3. The largest absolute Gasteiger partial charge is 0.370 e. The Kier molecular flexibility index (Phi) is 4.66. The maximum Gasteiger partial charge on any atom is 0.273 e. The van der Waals surface area contributed by atoms with Gasteiger partial charge in [0.2, 0.25) is 0 Å². The van der Waals surface area contributed by atoms with Gasteiger partial charge in [-0.05, 0) is 43.9 Å². The van der Waals surface area contributed by atoms with E-state index in [1.165, 1.54) is 10.4 Å². The molecule has 2 aliphatic rings. The highest BCUT2D eigenvalue weighted by Crippen LogP contribution is 2.43. The number of amides is 1. The molecule has 4 rings (SSSR count). The summed E-state index contributed by atoms with van der Waals surface area (Å²) in [6, 6.07) is 2.21. The number of aromatic nitrogens is 1. The molecule has 2 aliphatic heterocycles. The van der Waals surface area contributed by atoms with Crippen LogP contribution in [-0.4, -0.2) is 54.5 Å². The van der Waals surface area contributed by atoms with Crippen molar-refractivity contribution in [1.82, 2.24) is 14.8 Å². The number of piperidine rings is 1. The van der Waals surface area contributed by atoms with Gasteiger partial charge in [0.1, 0.15) is 10.7 Å². The second-order valence-electron chi connectivity index (χ2n) is 7.01. The van der Waals surface area contributed by atoms with E-state index in [2.05, 4.69) is 21.3 Å². The zero-order valence-corrected chi connectivity index (χ0v) is 16.3. The first kappa shape index (κ1) is 17.1. The van der Waals surface area contributed by atoms with Crippen LogP contribution in [0.25, 0.3) is 0 Å². The van der Waals surface area contributed by atoms with Crippen molar-refractivity contribution < 1.29 is 9.53 Å². The number of likely N-dealkylation sites (tertiary alicyclic amines) is 1. The second kappa shape index (κ2) is 6.79. The van der Waals surface area contributed by atoms with E-state index in [1.807, 2.05) is 35.7 Å². The van der Waals surface area contributed by atoms with Crippen molar-refractivity contribution >= 4 is 28.6 Å². The molecule has 0 bridgehead atoms. The molecule has 5 nitrogen and oxygen atoms in total. The summed E-state index contributed by atoms with van der Waals surface area (Å²) in [5.41, 5.74) is 1.76. The highest BCUT2D eigenvalue weighted by atomic mass is 32.1. The summed E-state index contributed by atoms with van der Waals surface area (Å²) in [6.07, 6.45) is 2.76. The van der Waals surface area contributed by atoms with Gasteiger partial charge in [0.05, 0.1) is 12.2 Å². The van der Waals surface area contributed by atoms with Gasteiger partial charge < -0.3 is 14.5 Å². The molecule has 134 valence electrons. The quantitative estimate of drug-likeness (QED) is 0.825. The van der Waals surface area contributed by atoms with Crippen molar-refractivity contribution in [1.29, 1.82) is 0 Å². The van der Waals surface area contributed by atoms with Crippen molar-refractivity contribution in [2.24, 2.45) is 0 Å². The number of ether oxygens (including phenoxy) is 1. The van der Waals surface area contributed by atoms with Crippen LogP contribution in [0.3, 0.4) is 0 Å². The fourth-order valence-corrected chi connectivity index (χ4v) is 5.59. The Morgan fingerprint density at radius 1 is 1.36 bits per heavy atom. The van der Waals surface area contributed by atoms with E-state index in [-0.39, 0.29) is 11.5 Å². The fourth-order valence-electron chi connectivity index (χ4n) is 3.76. The highest BCUT2D eigenvalue weighted by Gasteiger charge is 2.42. The van der Waals surface area contributed by atoms with Gasteiger partial charge in [0.15, 0.2) is 0 Å². The van der Waals surface area contributed by atoms with Gasteiger partial charge in [-0.3, -0.25) is 4.79 Å². The Balaban J connectivity index is 1.44. The first-order chi connectivity index (χ1) is 12.1. The van der Waals surface area contributed by atoms with Crippen LogP contribution >= 0.6 is 22.7 Å². The Morgan fingerprint density at radius 2 is 2.16 bits per heavy atom. The van der Waals surface area contributed by atoms with Crippen molar-refractivity contribution in [3.63, 3.8) is 0 Å². The topological polar surface area (TPSA) is 45.7 Å². The third-order valence-corrected chi connectivity index (χ3v) is 6.84. The SMILES string of the molecule is CN(C)Cc1nc(C(=O)N2CCC3(CC2)OCCc2sccc23)cs1. The molecule has 25 heavy (non-hydrogen) atoms. The van der Waals surface area contributed by atoms with E-state index < -0.39 is 0 Å². The molecule has 0 aromatic carbocycles. The fraction of sp³-hybridized carbons (Fsp3) is 0.556. The molecule has 7 heteroatoms. The number of nitrogens with zero attached hydrogens (tertiary/aromatic N) is 3. The summed E-state index contributed by atoms with van der Waals surface area (Å²) in [5.74, 6) is 0.0532. The Labute approximate surface area is 156 Å². The molecular weight excluding hydrogens is 354 g/mol. The molecule has 0 saturated carbocycles. The van der Waals surface area contributed by atoms with Gasteiger partial charge >= 0.3 is 0 Å². The summed E-state index contributed by atoms with van der Waals surface area (Å²) >= 11 is 3.39. The Bertz CT molecular complexity index is 760. The van der Waals surface area contributed by atoms with E-state index >= 15 is 0 Å². The predicted molar refractivity (Wildman–Crippen MR) is 100 cm³/mol. The predicted octanol–water partition coefficient (Wildman–Crippen LogP) is 2.97. The number of hydrogen-bond acceptors (Lipinski definition) is 6. The number of fused-ring (bicyclic) bond motifs is 2. The molecule has 4 heterocycles. The molecule has 0 radical (unpaired) electrons. The number of carbonyl (C=O) groups is 1. The summed E-state index contributed by atoms with van der Waals surface area (Å²) < 4.78 is 6.22. The summed E-state index contributed by atoms with van der Waals surface area (Å²) in [7, 11) is 4.02. The Morgan fingerprint density at radius 3 is 2.92 bits per heavy atom. The highest BCUT2D eigenvalue weighted by molar-refractivity contribution is 7.10. The maximum absolute atomic E-state index is 12.8. The van der Waals surface area contributed by atoms with Crippen molar-refractivity contribution in [2.75, 3.05) is 33.8 Å². The molecule has 0 aliphatic carbocycles. The lowest BCUT2D eigenvalue weighted by Crippen LogP contribution is -2.48. The minimum absolute atomic E-state index is 0.0532. The molecule has 1 spiro atoms. The zero-order chi connectivity index (χ0) is 17.4. The zero-order valence-electron chi connectivity index (χ0n) is 14.7. The Hall–Kier alpha value is -1.28. The van der Waals surface area contributed by atoms with E-state index in [0.29, 0.717) is 5.69 Å². The van der Waals surface area contributed by atoms with Crippen LogP contribution in [0.5, 0.6) is 0 Å². The van der Waals surface area contributed by atoms with Gasteiger partial charge in [-0.2, -0.15) is 0 Å². The van der Waals surface area contributed by atoms with Gasteiger partial charge in [-0.25, -0.2) is 4.98 Å². The van der Waals surface area contributed by atoms with Crippen molar-refractivity contribution in [3.05, 3.63) is 38.0 Å². The van der Waals surface area contributed by atoms with Gasteiger partial charge in [0.25, 0.3) is 5.91 Å². The van der Waals surface area contributed by atoms with E-state index in [1.54, 1.807) is 11.3 Å². The number of thiophene rings is 1. The monoisotopic (exact) mass is 377 g/mol. The maximum atomic E-state index is 12.8. The molecule has 0 unspecified atom stereocenters.